The van der Waals surface area contributed by atoms with Crippen LogP contribution in [0.4, 0.5) is 0 Å². The third kappa shape index (κ3) is 12.8. The molecule has 0 radical (unpaired) electrons. The van der Waals surface area contributed by atoms with Crippen LogP contribution in [0.15, 0.2) is 4.99 Å². The van der Waals surface area contributed by atoms with Gasteiger partial charge in [-0.05, 0) is 19.3 Å². The van der Waals surface area contributed by atoms with Gasteiger partial charge in [0.1, 0.15) is 18.1 Å². The molecular formula is C17H32N8O6S2. The second kappa shape index (κ2) is 16.0. The number of carbonyl (C=O) groups excluding carboxylic acids is 4. The van der Waals surface area contributed by atoms with Gasteiger partial charge < -0.3 is 44.0 Å². The first-order chi connectivity index (χ1) is 15.4. The summed E-state index contributed by atoms with van der Waals surface area (Å²) in [6.07, 6.45) is 0.224. The fraction of sp³-hybridized carbons (Fsp3) is 0.647. The molecule has 4 amide bonds. The average Bonchev–Trinajstić information content (AvgIpc) is 2.74. The van der Waals surface area contributed by atoms with Gasteiger partial charge in [-0.25, -0.2) is 4.79 Å². The first-order valence-corrected chi connectivity index (χ1v) is 11.1. The molecular weight excluding hydrogens is 476 g/mol. The highest BCUT2D eigenvalue weighted by Gasteiger charge is 2.29. The summed E-state index contributed by atoms with van der Waals surface area (Å²) in [5, 5.41) is 16.1. The Hall–Kier alpha value is -2.72. The second-order valence-electron chi connectivity index (χ2n) is 6.95. The van der Waals surface area contributed by atoms with Gasteiger partial charge in [-0.1, -0.05) is 0 Å². The van der Waals surface area contributed by atoms with E-state index in [1.165, 1.54) is 0 Å². The van der Waals surface area contributed by atoms with Crippen LogP contribution in [-0.4, -0.2) is 82.9 Å². The molecule has 0 bridgehead atoms. The maximum Gasteiger partial charge on any atom is 0.327 e. The van der Waals surface area contributed by atoms with Crippen LogP contribution < -0.4 is 38.9 Å². The van der Waals surface area contributed by atoms with Crippen molar-refractivity contribution in [3.05, 3.63) is 0 Å². The maximum absolute atomic E-state index is 12.6. The monoisotopic (exact) mass is 508 g/mol. The summed E-state index contributed by atoms with van der Waals surface area (Å²) in [5.41, 5.74) is 21.3. The number of carboxylic acid groups (broad SMARTS) is 1. The summed E-state index contributed by atoms with van der Waals surface area (Å²) in [4.78, 5) is 63.4. The lowest BCUT2D eigenvalue weighted by molar-refractivity contribution is -0.141. The predicted molar refractivity (Wildman–Crippen MR) is 127 cm³/mol. The minimum absolute atomic E-state index is 0.0844. The lowest BCUT2D eigenvalue weighted by Gasteiger charge is -2.24. The van der Waals surface area contributed by atoms with E-state index >= 15 is 0 Å². The Kier molecular flexibility index (Phi) is 14.7. The Balaban J connectivity index is 5.10. The summed E-state index contributed by atoms with van der Waals surface area (Å²) in [6.45, 7) is 0.278. The van der Waals surface area contributed by atoms with Gasteiger partial charge in [0.15, 0.2) is 5.96 Å². The van der Waals surface area contributed by atoms with Crippen molar-refractivity contribution in [1.29, 1.82) is 0 Å². The fourth-order valence-corrected chi connectivity index (χ4v) is 2.91. The van der Waals surface area contributed by atoms with Gasteiger partial charge in [-0.2, -0.15) is 25.3 Å². The smallest absolute Gasteiger partial charge is 0.327 e. The lowest BCUT2D eigenvalue weighted by Crippen LogP contribution is -2.58. The molecule has 0 saturated heterocycles. The van der Waals surface area contributed by atoms with Gasteiger partial charge in [0.05, 0.1) is 6.04 Å². The normalized spacial score (nSPS) is 14.2. The zero-order chi connectivity index (χ0) is 25.6. The van der Waals surface area contributed by atoms with Crippen LogP contribution in [0.1, 0.15) is 25.7 Å². The van der Waals surface area contributed by atoms with Gasteiger partial charge in [0, 0.05) is 24.5 Å². The van der Waals surface area contributed by atoms with Crippen molar-refractivity contribution in [2.45, 2.75) is 49.9 Å². The second-order valence-corrected chi connectivity index (χ2v) is 7.68. The number of carbonyl (C=O) groups is 5. The molecule has 0 aliphatic rings. The quantitative estimate of drug-likeness (QED) is 0.0421. The molecule has 33 heavy (non-hydrogen) atoms. The van der Waals surface area contributed by atoms with E-state index in [0.717, 1.165) is 0 Å². The van der Waals surface area contributed by atoms with E-state index in [0.29, 0.717) is 6.42 Å². The van der Waals surface area contributed by atoms with Crippen molar-refractivity contribution in [2.75, 3.05) is 18.1 Å². The molecule has 0 aromatic carbocycles. The van der Waals surface area contributed by atoms with Crippen molar-refractivity contribution in [1.82, 2.24) is 16.0 Å². The summed E-state index contributed by atoms with van der Waals surface area (Å²) >= 11 is 7.89. The molecule has 0 aliphatic heterocycles. The number of nitrogens with zero attached hydrogens (tertiary/aromatic N) is 1. The minimum Gasteiger partial charge on any atom is -0.480 e. The number of carboxylic acids is 1. The number of hydrogen-bond acceptors (Lipinski definition) is 9. The summed E-state index contributed by atoms with van der Waals surface area (Å²) in [7, 11) is 0. The van der Waals surface area contributed by atoms with Crippen molar-refractivity contribution in [3.63, 3.8) is 0 Å². The highest BCUT2D eigenvalue weighted by atomic mass is 32.1. The fourth-order valence-electron chi connectivity index (χ4n) is 2.41. The molecule has 0 aliphatic carbocycles. The average molecular weight is 509 g/mol. The Labute approximate surface area is 201 Å². The Morgan fingerprint density at radius 2 is 1.33 bits per heavy atom. The van der Waals surface area contributed by atoms with Gasteiger partial charge in [-0.15, -0.1) is 0 Å². The highest BCUT2D eigenvalue weighted by molar-refractivity contribution is 7.80. The van der Waals surface area contributed by atoms with Gasteiger partial charge in [0.2, 0.25) is 23.6 Å². The van der Waals surface area contributed by atoms with Crippen LogP contribution >= 0.6 is 25.3 Å². The predicted octanol–water partition coefficient (Wildman–Crippen LogP) is -3.97. The largest absolute Gasteiger partial charge is 0.480 e. The maximum atomic E-state index is 12.6. The van der Waals surface area contributed by atoms with E-state index < -0.39 is 53.8 Å². The topological polar surface area (TPSA) is 258 Å². The highest BCUT2D eigenvalue weighted by Crippen LogP contribution is 2.03. The molecule has 0 fully saturated rings. The molecule has 0 aromatic rings. The van der Waals surface area contributed by atoms with Crippen LogP contribution in [0.5, 0.6) is 0 Å². The molecule has 0 heterocycles. The van der Waals surface area contributed by atoms with Crippen molar-refractivity contribution >= 4 is 60.8 Å². The molecule has 0 aromatic heterocycles. The first-order valence-electron chi connectivity index (χ1n) is 9.87. The van der Waals surface area contributed by atoms with E-state index in [-0.39, 0.29) is 43.3 Å². The molecule has 0 rings (SSSR count). The van der Waals surface area contributed by atoms with Gasteiger partial charge in [-0.3, -0.25) is 24.2 Å². The minimum atomic E-state index is -1.33. The molecule has 16 heteroatoms. The number of hydrogen-bond donors (Lipinski definition) is 10. The summed E-state index contributed by atoms with van der Waals surface area (Å²) in [5.74, 6) is -4.73. The SMILES string of the molecule is NC(=O)CC[C@H](NC(=O)[C@H](CS)NC(=O)[C@@H](N)CCCN=C(N)N)C(=O)N[C@@H](CS)C(=O)O. The Morgan fingerprint density at radius 1 is 0.818 bits per heavy atom. The van der Waals surface area contributed by atoms with Crippen molar-refractivity contribution in [3.8, 4) is 0 Å². The van der Waals surface area contributed by atoms with E-state index in [2.05, 4.69) is 46.2 Å². The number of guanidine groups is 1. The van der Waals surface area contributed by atoms with Gasteiger partial charge in [0.25, 0.3) is 0 Å². The Bertz CT molecular complexity index is 734. The molecule has 0 spiro atoms. The van der Waals surface area contributed by atoms with E-state index in [1.807, 2.05) is 0 Å². The standard InChI is InChI=1S/C17H32N8O6S2/c18-8(2-1-5-22-17(20)21)13(27)24-10(6-32)15(29)23-9(3-4-12(19)26)14(28)25-11(7-33)16(30)31/h8-11,32-33H,1-7,18H2,(H2,19,26)(H,23,29)(H,24,27)(H,25,28)(H,30,31)(H4,20,21,22)/t8-,9-,10-,11-/m0/s1. The van der Waals surface area contributed by atoms with Crippen LogP contribution in [0.3, 0.4) is 0 Å². The molecule has 0 unspecified atom stereocenters. The lowest BCUT2D eigenvalue weighted by atomic mass is 10.1. The molecule has 4 atom stereocenters. The zero-order valence-corrected chi connectivity index (χ0v) is 19.7. The number of aliphatic imine (C=N–C) groups is 1. The first kappa shape index (κ1) is 30.3. The molecule has 0 saturated carbocycles. The third-order valence-corrected chi connectivity index (χ3v) is 4.96. The van der Waals surface area contributed by atoms with Gasteiger partial charge >= 0.3 is 5.97 Å². The molecule has 188 valence electrons. The number of rotatable bonds is 16. The number of primary amides is 1. The third-order valence-electron chi connectivity index (χ3n) is 4.23. The van der Waals surface area contributed by atoms with E-state index in [4.69, 9.17) is 28.0 Å². The van der Waals surface area contributed by atoms with Crippen LogP contribution in [0.25, 0.3) is 0 Å². The Morgan fingerprint density at radius 3 is 1.82 bits per heavy atom. The number of nitrogens with one attached hydrogen (secondary N) is 3. The number of amides is 4. The zero-order valence-electron chi connectivity index (χ0n) is 17.9. The van der Waals surface area contributed by atoms with Crippen molar-refractivity contribution < 1.29 is 29.1 Å². The van der Waals surface area contributed by atoms with E-state index in [1.54, 1.807) is 0 Å². The van der Waals surface area contributed by atoms with Crippen molar-refractivity contribution in [2.24, 2.45) is 27.9 Å². The summed E-state index contributed by atoms with van der Waals surface area (Å²) in [6, 6.07) is -4.71. The number of thiol groups is 2. The number of nitrogens with two attached hydrogens (primary N) is 4. The van der Waals surface area contributed by atoms with Crippen LogP contribution in [0.2, 0.25) is 0 Å². The van der Waals surface area contributed by atoms with E-state index in [9.17, 15) is 24.0 Å². The molecule has 12 N–H and O–H groups in total. The van der Waals surface area contributed by atoms with Crippen LogP contribution in [0, 0.1) is 0 Å². The van der Waals surface area contributed by atoms with Crippen LogP contribution in [-0.2, 0) is 24.0 Å². The summed E-state index contributed by atoms with van der Waals surface area (Å²) < 4.78 is 0. The molecule has 14 nitrogen and oxygen atoms in total. The number of aliphatic carboxylic acids is 1.